The van der Waals surface area contributed by atoms with Crippen molar-refractivity contribution in [2.75, 3.05) is 0 Å². The van der Waals surface area contributed by atoms with Gasteiger partial charge in [0.05, 0.1) is 0 Å². The van der Waals surface area contributed by atoms with E-state index in [4.69, 9.17) is 5.11 Å². The third kappa shape index (κ3) is 0.715. The number of hydrogen-bond acceptors (Lipinski definition) is 2. The zero-order valence-electron chi connectivity index (χ0n) is 3.46. The molecule has 5 heteroatoms. The maximum atomic E-state index is 9.90. The first-order chi connectivity index (χ1) is 3.30. The Morgan fingerprint density at radius 1 is 2.00 bits per heavy atom. The molecule has 0 fully saturated rings. The molecular weight excluding hydrogens is 109 g/mol. The van der Waals surface area contributed by atoms with Crippen LogP contribution in [-0.4, -0.2) is 31.4 Å². The molecule has 7 heavy (non-hydrogen) atoms. The summed E-state index contributed by atoms with van der Waals surface area (Å²) in [6, 6.07) is 0. The van der Waals surface area contributed by atoms with Crippen LogP contribution in [0, 0.1) is 0 Å². The molecule has 0 saturated heterocycles. The van der Waals surface area contributed by atoms with E-state index in [0.29, 0.717) is 0 Å². The molecule has 0 unspecified atom stereocenters. The summed E-state index contributed by atoms with van der Waals surface area (Å²) in [4.78, 5) is 13.4. The van der Waals surface area contributed by atoms with E-state index in [1.165, 1.54) is 12.5 Å². The Bertz CT molecular complexity index is 163. The van der Waals surface area contributed by atoms with Gasteiger partial charge in [-0.3, -0.25) is 0 Å². The Morgan fingerprint density at radius 3 is 2.57 bits per heavy atom. The third-order valence-electron chi connectivity index (χ3n) is 0.674. The van der Waals surface area contributed by atoms with E-state index < -0.39 is 13.9 Å². The zero-order valence-corrected chi connectivity index (χ0v) is 4.46. The minimum absolute atomic E-state index is 0.722. The molecule has 0 aliphatic carbocycles. The summed E-state index contributed by atoms with van der Waals surface area (Å²) in [6.07, 6.45) is 0. The van der Waals surface area contributed by atoms with Crippen LogP contribution in [0.2, 0.25) is 0 Å². The van der Waals surface area contributed by atoms with Gasteiger partial charge in [0, 0.05) is 0 Å². The van der Waals surface area contributed by atoms with Gasteiger partial charge in [-0.05, 0) is 0 Å². The normalized spacial score (nSPS) is 14.0. The van der Waals surface area contributed by atoms with Crippen molar-refractivity contribution >= 4 is 26.3 Å². The average molecular weight is 111 g/mol. The van der Waals surface area contributed by atoms with Crippen molar-refractivity contribution in [1.82, 2.24) is 0 Å². The fourth-order valence-corrected chi connectivity index (χ4v) is 0.779. The SMILES string of the molecule is O=C(O)[Si]1=BN=C1. The first-order valence-electron chi connectivity index (χ1n) is 1.77. The molecular formula is C2H2BNO2Si. The summed E-state index contributed by atoms with van der Waals surface area (Å²) in [5.41, 5.74) is -0.722. The van der Waals surface area contributed by atoms with Gasteiger partial charge in [0.2, 0.25) is 0 Å². The van der Waals surface area contributed by atoms with Gasteiger partial charge in [-0.15, -0.1) is 0 Å². The number of hydrogen-bond donors (Lipinski definition) is 1. The van der Waals surface area contributed by atoms with Crippen molar-refractivity contribution < 1.29 is 9.90 Å². The van der Waals surface area contributed by atoms with Crippen LogP contribution in [0.5, 0.6) is 0 Å². The minimum atomic E-state index is -1.27. The molecule has 1 heterocycles. The van der Waals surface area contributed by atoms with E-state index >= 15 is 0 Å². The number of carbonyl (C=O) groups is 1. The molecule has 0 aromatic rings. The topological polar surface area (TPSA) is 49.7 Å². The van der Waals surface area contributed by atoms with Crippen LogP contribution in [0.1, 0.15) is 0 Å². The number of nitrogens with zero attached hydrogens (tertiary/aromatic N) is 1. The zero-order chi connectivity index (χ0) is 5.28. The Balaban J connectivity index is 2.60. The molecule has 3 nitrogen and oxygen atoms in total. The van der Waals surface area contributed by atoms with Crippen molar-refractivity contribution in [2.45, 2.75) is 0 Å². The fourth-order valence-electron chi connectivity index (χ4n) is 0.260. The summed E-state index contributed by atoms with van der Waals surface area (Å²) in [5, 5.41) is 8.16. The molecule has 34 valence electrons. The van der Waals surface area contributed by atoms with Crippen LogP contribution in [0.3, 0.4) is 0 Å². The number of rotatable bonds is 1. The Kier molecular flexibility index (Phi) is 0.977. The van der Waals surface area contributed by atoms with E-state index in [-0.39, 0.29) is 0 Å². The van der Waals surface area contributed by atoms with Crippen LogP contribution in [0.4, 0.5) is 4.79 Å². The van der Waals surface area contributed by atoms with Crippen LogP contribution in [0.15, 0.2) is 4.90 Å². The first-order valence-corrected chi connectivity index (χ1v) is 3.43. The second kappa shape index (κ2) is 1.49. The van der Waals surface area contributed by atoms with E-state index in [2.05, 4.69) is 4.90 Å². The van der Waals surface area contributed by atoms with E-state index in [0.717, 1.165) is 0 Å². The monoisotopic (exact) mass is 111 g/mol. The van der Waals surface area contributed by atoms with E-state index in [1.807, 2.05) is 0 Å². The van der Waals surface area contributed by atoms with Crippen molar-refractivity contribution in [3.63, 3.8) is 0 Å². The predicted octanol–water partition coefficient (Wildman–Crippen LogP) is -0.520. The van der Waals surface area contributed by atoms with Crippen LogP contribution < -0.4 is 0 Å². The second-order valence-electron chi connectivity index (χ2n) is 1.17. The van der Waals surface area contributed by atoms with E-state index in [9.17, 15) is 4.79 Å². The Morgan fingerprint density at radius 2 is 2.57 bits per heavy atom. The molecule has 0 saturated carbocycles. The quantitative estimate of drug-likeness (QED) is 0.463. The fraction of sp³-hybridized carbons (Fsp3) is 0. The van der Waals surface area contributed by atoms with Gasteiger partial charge in [-0.2, -0.15) is 0 Å². The molecule has 1 aliphatic rings. The molecule has 0 atom stereocenters. The van der Waals surface area contributed by atoms with Crippen LogP contribution in [-0.2, 0) is 0 Å². The predicted molar refractivity (Wildman–Crippen MR) is 28.0 cm³/mol. The second-order valence-corrected chi connectivity index (χ2v) is 3.02. The third-order valence-corrected chi connectivity index (χ3v) is 2.02. The van der Waals surface area contributed by atoms with Gasteiger partial charge in [0.15, 0.2) is 0 Å². The molecule has 1 aliphatic heterocycles. The van der Waals surface area contributed by atoms with Crippen molar-refractivity contribution in [2.24, 2.45) is 4.90 Å². The standard InChI is InChI=1S/C2H2BNO2Si/c5-2(6)7-1-4-3-7/h1H,(H,5,6). The summed E-state index contributed by atoms with van der Waals surface area (Å²) in [7, 11) is -1.27. The summed E-state index contributed by atoms with van der Waals surface area (Å²) in [6.45, 7) is 1.49. The molecule has 0 aromatic carbocycles. The summed E-state index contributed by atoms with van der Waals surface area (Å²) >= 11 is 0. The van der Waals surface area contributed by atoms with Crippen molar-refractivity contribution in [3.8, 4) is 0 Å². The van der Waals surface area contributed by atoms with Crippen LogP contribution >= 0.6 is 0 Å². The molecule has 0 radical (unpaired) electrons. The van der Waals surface area contributed by atoms with Crippen LogP contribution in [0.25, 0.3) is 0 Å². The van der Waals surface area contributed by atoms with Crippen molar-refractivity contribution in [3.05, 3.63) is 0 Å². The van der Waals surface area contributed by atoms with Gasteiger partial charge in [-0.25, -0.2) is 0 Å². The van der Waals surface area contributed by atoms with Gasteiger partial charge < -0.3 is 0 Å². The summed E-state index contributed by atoms with van der Waals surface area (Å²) in [5.74, 6) is 1.49. The van der Waals surface area contributed by atoms with Gasteiger partial charge >= 0.3 is 41.1 Å². The molecule has 0 spiro atoms. The average Bonchev–Trinajstić information content (AvgIpc) is 1.23. The first kappa shape index (κ1) is 4.58. The molecule has 1 rings (SSSR count). The molecule has 1 N–H and O–H groups in total. The molecule has 0 aromatic heterocycles. The van der Waals surface area contributed by atoms with Gasteiger partial charge in [0.1, 0.15) is 0 Å². The number of carboxylic acid groups (broad SMARTS) is 1. The Hall–Kier alpha value is -0.578. The van der Waals surface area contributed by atoms with Crippen molar-refractivity contribution in [1.29, 1.82) is 0 Å². The molecule has 0 amide bonds. The molecule has 0 bridgehead atoms. The van der Waals surface area contributed by atoms with E-state index in [1.54, 1.807) is 0 Å². The summed E-state index contributed by atoms with van der Waals surface area (Å²) < 4.78 is 0. The Labute approximate surface area is 42.1 Å². The van der Waals surface area contributed by atoms with Gasteiger partial charge in [0.25, 0.3) is 0 Å². The van der Waals surface area contributed by atoms with Gasteiger partial charge in [-0.1, -0.05) is 0 Å². The maximum absolute atomic E-state index is 9.90.